The summed E-state index contributed by atoms with van der Waals surface area (Å²) < 4.78 is 4.97. The molecule has 1 heterocycles. The second-order valence-corrected chi connectivity index (χ2v) is 7.70. The average molecular weight is 329 g/mol. The molecular weight excluding hydrogens is 306 g/mol. The van der Waals surface area contributed by atoms with Gasteiger partial charge in [0.2, 0.25) is 11.8 Å². The highest BCUT2D eigenvalue weighted by Crippen LogP contribution is 2.59. The van der Waals surface area contributed by atoms with Crippen molar-refractivity contribution in [2.75, 3.05) is 7.11 Å². The van der Waals surface area contributed by atoms with E-state index in [1.165, 1.54) is 32.6 Å². The Balaban J connectivity index is 1.38. The first-order chi connectivity index (χ1) is 11.6. The summed E-state index contributed by atoms with van der Waals surface area (Å²) in [6.07, 6.45) is 8.23. The van der Waals surface area contributed by atoms with Crippen molar-refractivity contribution < 1.29 is 14.3 Å². The van der Waals surface area contributed by atoms with Crippen molar-refractivity contribution in [3.8, 4) is 5.88 Å². The SMILES string of the molecule is COc1ccc(C(=O)NNC(=O)C23CC4CC(CC(C4)C2)C3)cn1. The molecular formula is C18H23N3O3. The number of ether oxygens (including phenoxy) is 1. The van der Waals surface area contributed by atoms with E-state index in [-0.39, 0.29) is 17.2 Å². The van der Waals surface area contributed by atoms with Crippen LogP contribution in [0.5, 0.6) is 5.88 Å². The molecule has 2 N–H and O–H groups in total. The van der Waals surface area contributed by atoms with E-state index in [0.29, 0.717) is 29.2 Å². The third-order valence-corrected chi connectivity index (χ3v) is 6.02. The van der Waals surface area contributed by atoms with Crippen LogP contribution in [0, 0.1) is 23.2 Å². The molecule has 0 saturated heterocycles. The first kappa shape index (κ1) is 15.4. The summed E-state index contributed by atoms with van der Waals surface area (Å²) in [4.78, 5) is 28.9. The summed E-state index contributed by atoms with van der Waals surface area (Å²) in [5.41, 5.74) is 5.34. The van der Waals surface area contributed by atoms with Crippen molar-refractivity contribution in [2.45, 2.75) is 38.5 Å². The highest BCUT2D eigenvalue weighted by Gasteiger charge is 2.54. The minimum Gasteiger partial charge on any atom is -0.481 e. The zero-order chi connectivity index (χ0) is 16.7. The summed E-state index contributed by atoms with van der Waals surface area (Å²) >= 11 is 0. The van der Waals surface area contributed by atoms with Gasteiger partial charge in [0.1, 0.15) is 0 Å². The first-order valence-corrected chi connectivity index (χ1v) is 8.69. The fraction of sp³-hybridized carbons (Fsp3) is 0.611. The summed E-state index contributed by atoms with van der Waals surface area (Å²) in [6, 6.07) is 3.24. The van der Waals surface area contributed by atoms with Gasteiger partial charge in [-0.05, 0) is 62.3 Å². The van der Waals surface area contributed by atoms with Crippen molar-refractivity contribution in [1.29, 1.82) is 0 Å². The molecule has 0 spiro atoms. The number of nitrogens with one attached hydrogen (secondary N) is 2. The Bertz CT molecular complexity index is 621. The normalized spacial score (nSPS) is 33.1. The maximum absolute atomic E-state index is 12.8. The van der Waals surface area contributed by atoms with Crippen LogP contribution in [0.1, 0.15) is 48.9 Å². The summed E-state index contributed by atoms with van der Waals surface area (Å²) in [6.45, 7) is 0. The summed E-state index contributed by atoms with van der Waals surface area (Å²) in [5, 5.41) is 0. The minimum absolute atomic E-state index is 0.0172. The molecule has 6 heteroatoms. The number of amides is 2. The number of hydrogen-bond acceptors (Lipinski definition) is 4. The number of methoxy groups -OCH3 is 1. The Kier molecular flexibility index (Phi) is 3.70. The number of hydrazine groups is 1. The number of hydrogen-bond donors (Lipinski definition) is 2. The van der Waals surface area contributed by atoms with Crippen LogP contribution in [0.15, 0.2) is 18.3 Å². The van der Waals surface area contributed by atoms with Crippen LogP contribution in [0.25, 0.3) is 0 Å². The number of carbonyl (C=O) groups is 2. The molecule has 4 aliphatic carbocycles. The molecule has 6 nitrogen and oxygen atoms in total. The lowest BCUT2D eigenvalue weighted by atomic mass is 9.49. The fourth-order valence-electron chi connectivity index (χ4n) is 5.34. The highest BCUT2D eigenvalue weighted by molar-refractivity contribution is 5.95. The molecule has 1 aromatic heterocycles. The van der Waals surface area contributed by atoms with E-state index in [4.69, 9.17) is 4.74 Å². The van der Waals surface area contributed by atoms with Gasteiger partial charge in [-0.25, -0.2) is 4.98 Å². The van der Waals surface area contributed by atoms with Crippen LogP contribution in [0.3, 0.4) is 0 Å². The van der Waals surface area contributed by atoms with Crippen molar-refractivity contribution in [3.05, 3.63) is 23.9 Å². The van der Waals surface area contributed by atoms with Crippen LogP contribution in [-0.2, 0) is 4.79 Å². The Morgan fingerprint density at radius 3 is 2.21 bits per heavy atom. The molecule has 1 aromatic rings. The van der Waals surface area contributed by atoms with Gasteiger partial charge in [0.15, 0.2) is 0 Å². The topological polar surface area (TPSA) is 80.3 Å². The number of carbonyl (C=O) groups excluding carboxylic acids is 2. The van der Waals surface area contributed by atoms with E-state index >= 15 is 0 Å². The molecule has 128 valence electrons. The zero-order valence-electron chi connectivity index (χ0n) is 13.9. The Labute approximate surface area is 141 Å². The van der Waals surface area contributed by atoms with Crippen molar-refractivity contribution >= 4 is 11.8 Å². The van der Waals surface area contributed by atoms with Gasteiger partial charge < -0.3 is 4.74 Å². The van der Waals surface area contributed by atoms with Gasteiger partial charge in [0.25, 0.3) is 5.91 Å². The van der Waals surface area contributed by atoms with E-state index < -0.39 is 0 Å². The number of pyridine rings is 1. The number of aromatic nitrogens is 1. The number of nitrogens with zero attached hydrogens (tertiary/aromatic N) is 1. The first-order valence-electron chi connectivity index (χ1n) is 8.69. The molecule has 0 aliphatic heterocycles. The average Bonchev–Trinajstić information content (AvgIpc) is 2.58. The van der Waals surface area contributed by atoms with Gasteiger partial charge in [-0.15, -0.1) is 0 Å². The molecule has 4 fully saturated rings. The standard InChI is InChI=1S/C18H23N3O3/c1-24-15-3-2-14(10-19-15)16(22)20-21-17(23)18-7-11-4-12(8-18)6-13(5-11)9-18/h2-3,10-13H,4-9H2,1H3,(H,20,22)(H,21,23). The molecule has 0 unspecified atom stereocenters. The lowest BCUT2D eigenvalue weighted by Crippen LogP contribution is -2.56. The Hall–Kier alpha value is -2.11. The smallest absolute Gasteiger partial charge is 0.271 e. The van der Waals surface area contributed by atoms with Crippen molar-refractivity contribution in [2.24, 2.45) is 23.2 Å². The third kappa shape index (κ3) is 2.64. The predicted molar refractivity (Wildman–Crippen MR) is 87.0 cm³/mol. The van der Waals surface area contributed by atoms with Gasteiger partial charge in [-0.1, -0.05) is 0 Å². The highest BCUT2D eigenvalue weighted by atomic mass is 16.5. The lowest BCUT2D eigenvalue weighted by molar-refractivity contribution is -0.147. The van der Waals surface area contributed by atoms with E-state index in [1.807, 2.05) is 0 Å². The third-order valence-electron chi connectivity index (χ3n) is 6.02. The summed E-state index contributed by atoms with van der Waals surface area (Å²) in [7, 11) is 1.52. The molecule has 0 radical (unpaired) electrons. The lowest BCUT2D eigenvalue weighted by Gasteiger charge is -2.55. The molecule has 5 rings (SSSR count). The second-order valence-electron chi connectivity index (χ2n) is 7.70. The monoisotopic (exact) mass is 329 g/mol. The minimum atomic E-state index is -0.358. The maximum Gasteiger partial charge on any atom is 0.271 e. The summed E-state index contributed by atoms with van der Waals surface area (Å²) in [5.74, 6) is 2.17. The van der Waals surface area contributed by atoms with Crippen LogP contribution >= 0.6 is 0 Å². The van der Waals surface area contributed by atoms with E-state index in [2.05, 4.69) is 15.8 Å². The van der Waals surface area contributed by atoms with E-state index in [9.17, 15) is 9.59 Å². The molecule has 2 amide bonds. The second kappa shape index (κ2) is 5.76. The molecule has 4 aliphatic rings. The van der Waals surface area contributed by atoms with Gasteiger partial charge >= 0.3 is 0 Å². The van der Waals surface area contributed by atoms with E-state index in [0.717, 1.165) is 19.3 Å². The van der Waals surface area contributed by atoms with Crippen LogP contribution in [0.2, 0.25) is 0 Å². The van der Waals surface area contributed by atoms with Crippen LogP contribution in [-0.4, -0.2) is 23.9 Å². The predicted octanol–water partition coefficient (Wildman–Crippen LogP) is 2.07. The Morgan fingerprint density at radius 1 is 1.08 bits per heavy atom. The largest absolute Gasteiger partial charge is 0.481 e. The van der Waals surface area contributed by atoms with Gasteiger partial charge in [-0.3, -0.25) is 20.4 Å². The zero-order valence-corrected chi connectivity index (χ0v) is 13.9. The van der Waals surface area contributed by atoms with Crippen LogP contribution < -0.4 is 15.6 Å². The number of rotatable bonds is 3. The molecule has 0 aromatic carbocycles. The van der Waals surface area contributed by atoms with Crippen LogP contribution in [0.4, 0.5) is 0 Å². The van der Waals surface area contributed by atoms with Gasteiger partial charge in [-0.2, -0.15) is 0 Å². The van der Waals surface area contributed by atoms with Gasteiger partial charge in [0.05, 0.1) is 18.1 Å². The maximum atomic E-state index is 12.8. The van der Waals surface area contributed by atoms with Gasteiger partial charge in [0, 0.05) is 12.3 Å². The van der Waals surface area contributed by atoms with Crippen molar-refractivity contribution in [3.63, 3.8) is 0 Å². The molecule has 24 heavy (non-hydrogen) atoms. The molecule has 0 atom stereocenters. The molecule has 4 saturated carbocycles. The van der Waals surface area contributed by atoms with E-state index in [1.54, 1.807) is 12.1 Å². The Morgan fingerprint density at radius 2 is 1.71 bits per heavy atom. The molecule has 4 bridgehead atoms. The van der Waals surface area contributed by atoms with Crippen molar-refractivity contribution in [1.82, 2.24) is 15.8 Å². The quantitative estimate of drug-likeness (QED) is 0.832. The fourth-order valence-corrected chi connectivity index (χ4v) is 5.34.